The largest absolute Gasteiger partial charge is 0.484 e. The van der Waals surface area contributed by atoms with Gasteiger partial charge < -0.3 is 25.1 Å². The molecular weight excluding hydrogens is 458 g/mol. The van der Waals surface area contributed by atoms with Crippen LogP contribution in [0.15, 0.2) is 102 Å². The molecule has 1 atom stereocenters. The number of benzene rings is 3. The average molecular weight is 484 g/mol. The van der Waals surface area contributed by atoms with Crippen LogP contribution in [-0.4, -0.2) is 24.3 Å². The Kier molecular flexibility index (Phi) is 7.77. The fourth-order valence-electron chi connectivity index (χ4n) is 3.46. The van der Waals surface area contributed by atoms with E-state index in [4.69, 9.17) is 9.15 Å². The smallest absolute Gasteiger partial charge is 0.291 e. The summed E-state index contributed by atoms with van der Waals surface area (Å²) < 4.78 is 10.7. The quantitative estimate of drug-likeness (QED) is 0.309. The maximum Gasteiger partial charge on any atom is 0.291 e. The number of ether oxygens (including phenoxy) is 1. The molecule has 0 aliphatic heterocycles. The monoisotopic (exact) mass is 483 g/mol. The van der Waals surface area contributed by atoms with E-state index < -0.39 is 0 Å². The van der Waals surface area contributed by atoms with Gasteiger partial charge in [0.25, 0.3) is 17.7 Å². The molecule has 3 amide bonds. The molecule has 8 heteroatoms. The van der Waals surface area contributed by atoms with E-state index in [0.717, 1.165) is 5.56 Å². The van der Waals surface area contributed by atoms with Gasteiger partial charge in [0.1, 0.15) is 5.75 Å². The van der Waals surface area contributed by atoms with Crippen LogP contribution in [0.4, 0.5) is 11.4 Å². The van der Waals surface area contributed by atoms with E-state index in [1.54, 1.807) is 66.7 Å². The summed E-state index contributed by atoms with van der Waals surface area (Å²) in [5, 5.41) is 8.47. The van der Waals surface area contributed by atoms with Gasteiger partial charge in [-0.2, -0.15) is 0 Å². The summed E-state index contributed by atoms with van der Waals surface area (Å²) in [5.41, 5.74) is 2.53. The Balaban J connectivity index is 1.29. The zero-order valence-corrected chi connectivity index (χ0v) is 19.6. The van der Waals surface area contributed by atoms with Gasteiger partial charge in [-0.05, 0) is 61.0 Å². The lowest BCUT2D eigenvalue weighted by atomic mass is 10.1. The van der Waals surface area contributed by atoms with Crippen molar-refractivity contribution in [3.05, 3.63) is 114 Å². The van der Waals surface area contributed by atoms with Gasteiger partial charge in [-0.25, -0.2) is 0 Å². The van der Waals surface area contributed by atoms with Crippen molar-refractivity contribution in [2.24, 2.45) is 0 Å². The summed E-state index contributed by atoms with van der Waals surface area (Å²) in [5.74, 6) is -0.281. The van der Waals surface area contributed by atoms with Crippen LogP contribution < -0.4 is 20.7 Å². The second kappa shape index (κ2) is 11.5. The van der Waals surface area contributed by atoms with Crippen LogP contribution in [0.2, 0.25) is 0 Å². The van der Waals surface area contributed by atoms with Gasteiger partial charge in [-0.1, -0.05) is 36.4 Å². The lowest BCUT2D eigenvalue weighted by Gasteiger charge is -2.16. The minimum absolute atomic E-state index is 0.193. The van der Waals surface area contributed by atoms with Crippen molar-refractivity contribution in [3.63, 3.8) is 0 Å². The highest BCUT2D eigenvalue weighted by Crippen LogP contribution is 2.20. The zero-order valence-electron chi connectivity index (χ0n) is 19.6. The molecule has 8 nitrogen and oxygen atoms in total. The van der Waals surface area contributed by atoms with Gasteiger partial charge in [0.2, 0.25) is 0 Å². The molecular formula is C28H25N3O5. The highest BCUT2D eigenvalue weighted by atomic mass is 16.5. The van der Waals surface area contributed by atoms with Gasteiger partial charge in [0.05, 0.1) is 12.3 Å². The van der Waals surface area contributed by atoms with E-state index in [-0.39, 0.29) is 36.1 Å². The number of amides is 3. The molecule has 4 rings (SSSR count). The highest BCUT2D eigenvalue weighted by molar-refractivity contribution is 6.04. The van der Waals surface area contributed by atoms with Crippen molar-refractivity contribution in [2.75, 3.05) is 17.2 Å². The first-order valence-corrected chi connectivity index (χ1v) is 11.3. The summed E-state index contributed by atoms with van der Waals surface area (Å²) in [4.78, 5) is 37.0. The fraction of sp³-hybridized carbons (Fsp3) is 0.107. The van der Waals surface area contributed by atoms with Crippen LogP contribution in [0.1, 0.15) is 39.4 Å². The summed E-state index contributed by atoms with van der Waals surface area (Å²) >= 11 is 0. The molecule has 36 heavy (non-hydrogen) atoms. The maximum absolute atomic E-state index is 12.5. The van der Waals surface area contributed by atoms with Crippen molar-refractivity contribution >= 4 is 29.1 Å². The van der Waals surface area contributed by atoms with Crippen LogP contribution >= 0.6 is 0 Å². The molecule has 182 valence electrons. The molecule has 0 aliphatic rings. The Labute approximate surface area is 208 Å². The lowest BCUT2D eigenvalue weighted by Crippen LogP contribution is -2.31. The van der Waals surface area contributed by atoms with E-state index in [9.17, 15) is 14.4 Å². The Morgan fingerprint density at radius 1 is 0.806 bits per heavy atom. The molecule has 0 fully saturated rings. The van der Waals surface area contributed by atoms with Crippen LogP contribution in [-0.2, 0) is 4.79 Å². The SMILES string of the molecule is CC(NC(=O)COc1cccc(NC(=O)c2ccco2)c1)c1cccc(NC(=O)c2ccccc2)c1. The molecule has 1 unspecified atom stereocenters. The fourth-order valence-corrected chi connectivity index (χ4v) is 3.46. The Hall–Kier alpha value is -4.85. The molecule has 4 aromatic rings. The van der Waals surface area contributed by atoms with Crippen molar-refractivity contribution in [1.82, 2.24) is 5.32 Å². The van der Waals surface area contributed by atoms with Crippen LogP contribution in [0.5, 0.6) is 5.75 Å². The molecule has 0 spiro atoms. The first-order chi connectivity index (χ1) is 17.5. The minimum atomic E-state index is -0.383. The molecule has 0 saturated heterocycles. The molecule has 0 aliphatic carbocycles. The molecule has 3 N–H and O–H groups in total. The van der Waals surface area contributed by atoms with Gasteiger partial charge in [0, 0.05) is 23.0 Å². The third kappa shape index (κ3) is 6.60. The van der Waals surface area contributed by atoms with E-state index in [1.807, 2.05) is 31.2 Å². The number of carbonyl (C=O) groups is 3. The van der Waals surface area contributed by atoms with Gasteiger partial charge in [-0.3, -0.25) is 14.4 Å². The molecule has 0 saturated carbocycles. The Morgan fingerprint density at radius 3 is 2.28 bits per heavy atom. The van der Waals surface area contributed by atoms with Crippen molar-refractivity contribution in [1.29, 1.82) is 0 Å². The molecule has 1 aromatic heterocycles. The predicted octanol–water partition coefficient (Wildman–Crippen LogP) is 5.04. The molecule has 1 heterocycles. The van der Waals surface area contributed by atoms with Crippen LogP contribution in [0.25, 0.3) is 0 Å². The first-order valence-electron chi connectivity index (χ1n) is 11.3. The number of anilines is 2. The maximum atomic E-state index is 12.5. The van der Waals surface area contributed by atoms with Crippen LogP contribution in [0.3, 0.4) is 0 Å². The number of rotatable bonds is 9. The Morgan fingerprint density at radius 2 is 1.53 bits per heavy atom. The van der Waals surface area contributed by atoms with Crippen molar-refractivity contribution < 1.29 is 23.5 Å². The lowest BCUT2D eigenvalue weighted by molar-refractivity contribution is -0.123. The number of hydrogen-bond donors (Lipinski definition) is 3. The highest BCUT2D eigenvalue weighted by Gasteiger charge is 2.13. The zero-order chi connectivity index (χ0) is 25.3. The van der Waals surface area contributed by atoms with Gasteiger partial charge >= 0.3 is 0 Å². The number of hydrogen-bond acceptors (Lipinski definition) is 5. The van der Waals surface area contributed by atoms with Crippen LogP contribution in [0, 0.1) is 0 Å². The van der Waals surface area contributed by atoms with Gasteiger partial charge in [-0.15, -0.1) is 0 Å². The number of nitrogens with one attached hydrogen (secondary N) is 3. The average Bonchev–Trinajstić information content (AvgIpc) is 3.44. The third-order valence-corrected chi connectivity index (χ3v) is 5.26. The third-order valence-electron chi connectivity index (χ3n) is 5.26. The predicted molar refractivity (Wildman–Crippen MR) is 136 cm³/mol. The molecule has 0 bridgehead atoms. The summed E-state index contributed by atoms with van der Waals surface area (Å²) in [6.07, 6.45) is 1.42. The normalized spacial score (nSPS) is 11.2. The topological polar surface area (TPSA) is 110 Å². The van der Waals surface area contributed by atoms with E-state index in [2.05, 4.69) is 16.0 Å². The molecule has 0 radical (unpaired) electrons. The van der Waals surface area contributed by atoms with E-state index in [1.165, 1.54) is 6.26 Å². The Bertz CT molecular complexity index is 1340. The summed E-state index contributed by atoms with van der Waals surface area (Å²) in [7, 11) is 0. The van der Waals surface area contributed by atoms with Crippen molar-refractivity contribution in [3.8, 4) is 5.75 Å². The molecule has 3 aromatic carbocycles. The second-order valence-electron chi connectivity index (χ2n) is 7.98. The first kappa shape index (κ1) is 24.3. The standard InChI is InChI=1S/C28H25N3O5/c1-19(21-10-5-11-22(16-21)30-27(33)20-8-3-2-4-9-20)29-26(32)18-36-24-13-6-12-23(17-24)31-28(34)25-14-7-15-35-25/h2-17,19H,18H2,1H3,(H,29,32)(H,30,33)(H,31,34). The van der Waals surface area contributed by atoms with Gasteiger partial charge in [0.15, 0.2) is 12.4 Å². The van der Waals surface area contributed by atoms with E-state index >= 15 is 0 Å². The summed E-state index contributed by atoms with van der Waals surface area (Å²) in [6, 6.07) is 25.9. The summed E-state index contributed by atoms with van der Waals surface area (Å²) in [6.45, 7) is 1.64. The minimum Gasteiger partial charge on any atom is -0.484 e. The second-order valence-corrected chi connectivity index (χ2v) is 7.98. The van der Waals surface area contributed by atoms with E-state index in [0.29, 0.717) is 22.7 Å². The number of carbonyl (C=O) groups excluding carboxylic acids is 3. The van der Waals surface area contributed by atoms with Crippen molar-refractivity contribution in [2.45, 2.75) is 13.0 Å². The number of furan rings is 1.